The quantitative estimate of drug-likeness (QED) is 0.785. The van der Waals surface area contributed by atoms with Crippen molar-refractivity contribution in [3.05, 3.63) is 53.7 Å². The molecular weight excluding hydrogens is 288 g/mol. The fourth-order valence-corrected chi connectivity index (χ4v) is 2.50. The molecule has 0 saturated carbocycles. The average molecular weight is 308 g/mol. The van der Waals surface area contributed by atoms with Crippen molar-refractivity contribution in [2.45, 2.75) is 26.8 Å². The number of hydrogen-bond donors (Lipinski definition) is 1. The Labute approximate surface area is 135 Å². The van der Waals surface area contributed by atoms with Gasteiger partial charge < -0.3 is 5.32 Å². The minimum Gasteiger partial charge on any atom is -0.366 e. The Morgan fingerprint density at radius 1 is 1.26 bits per heavy atom. The van der Waals surface area contributed by atoms with E-state index in [1.807, 2.05) is 43.0 Å². The van der Waals surface area contributed by atoms with Gasteiger partial charge in [0.1, 0.15) is 5.82 Å². The highest BCUT2D eigenvalue weighted by Crippen LogP contribution is 2.17. The molecule has 0 amide bonds. The van der Waals surface area contributed by atoms with Crippen molar-refractivity contribution in [3.63, 3.8) is 0 Å². The first-order valence-electron chi connectivity index (χ1n) is 7.67. The Bertz CT molecular complexity index is 794. The van der Waals surface area contributed by atoms with Crippen molar-refractivity contribution in [2.75, 3.05) is 5.32 Å². The molecule has 1 N–H and O–H groups in total. The van der Waals surface area contributed by atoms with Crippen LogP contribution in [0.1, 0.15) is 23.9 Å². The van der Waals surface area contributed by atoms with Crippen molar-refractivity contribution in [1.29, 1.82) is 0 Å². The van der Waals surface area contributed by atoms with Crippen molar-refractivity contribution >= 4 is 5.82 Å². The summed E-state index contributed by atoms with van der Waals surface area (Å²) >= 11 is 0. The van der Waals surface area contributed by atoms with Crippen molar-refractivity contribution < 1.29 is 0 Å². The van der Waals surface area contributed by atoms with Gasteiger partial charge in [-0.2, -0.15) is 5.10 Å². The lowest BCUT2D eigenvalue weighted by Crippen LogP contribution is -2.05. The van der Waals surface area contributed by atoms with Crippen LogP contribution >= 0.6 is 0 Å². The van der Waals surface area contributed by atoms with Gasteiger partial charge in [0.2, 0.25) is 0 Å². The maximum absolute atomic E-state index is 4.59. The maximum atomic E-state index is 4.59. The number of pyridine rings is 1. The van der Waals surface area contributed by atoms with Crippen LogP contribution in [0.2, 0.25) is 0 Å². The van der Waals surface area contributed by atoms with E-state index in [4.69, 9.17) is 0 Å². The van der Waals surface area contributed by atoms with Gasteiger partial charge in [-0.1, -0.05) is 6.92 Å². The summed E-state index contributed by atoms with van der Waals surface area (Å²) in [6, 6.07) is 5.79. The molecule has 0 aliphatic rings. The van der Waals surface area contributed by atoms with Gasteiger partial charge in [-0.3, -0.25) is 9.67 Å². The Morgan fingerprint density at radius 2 is 2.13 bits per heavy atom. The third-order valence-corrected chi connectivity index (χ3v) is 3.56. The molecule has 6 nitrogen and oxygen atoms in total. The van der Waals surface area contributed by atoms with Gasteiger partial charge in [-0.15, -0.1) is 0 Å². The zero-order chi connectivity index (χ0) is 16.2. The van der Waals surface area contributed by atoms with Gasteiger partial charge in [-0.25, -0.2) is 9.97 Å². The molecule has 3 heterocycles. The van der Waals surface area contributed by atoms with E-state index in [2.05, 4.69) is 32.3 Å². The molecule has 0 aliphatic carbocycles. The lowest BCUT2D eigenvalue weighted by atomic mass is 10.2. The molecule has 0 radical (unpaired) electrons. The highest BCUT2D eigenvalue weighted by Gasteiger charge is 2.08. The first-order chi connectivity index (χ1) is 11.2. The van der Waals surface area contributed by atoms with Gasteiger partial charge in [0.05, 0.1) is 5.69 Å². The van der Waals surface area contributed by atoms with Crippen LogP contribution in [0.5, 0.6) is 0 Å². The normalized spacial score (nSPS) is 10.7. The predicted molar refractivity (Wildman–Crippen MR) is 89.9 cm³/mol. The predicted octanol–water partition coefficient (Wildman–Crippen LogP) is 2.76. The topological polar surface area (TPSA) is 68.5 Å². The summed E-state index contributed by atoms with van der Waals surface area (Å²) in [7, 11) is 1.94. The smallest absolute Gasteiger partial charge is 0.163 e. The molecule has 0 saturated heterocycles. The Kier molecular flexibility index (Phi) is 4.32. The maximum Gasteiger partial charge on any atom is 0.163 e. The van der Waals surface area contributed by atoms with E-state index in [-0.39, 0.29) is 0 Å². The zero-order valence-electron chi connectivity index (χ0n) is 13.6. The molecule has 0 bridgehead atoms. The largest absolute Gasteiger partial charge is 0.366 e. The summed E-state index contributed by atoms with van der Waals surface area (Å²) in [6.45, 7) is 4.77. The van der Waals surface area contributed by atoms with Gasteiger partial charge in [0.15, 0.2) is 5.82 Å². The van der Waals surface area contributed by atoms with Gasteiger partial charge in [-0.05, 0) is 25.5 Å². The van der Waals surface area contributed by atoms with Gasteiger partial charge in [0.25, 0.3) is 0 Å². The summed E-state index contributed by atoms with van der Waals surface area (Å²) in [5.74, 6) is 1.49. The molecule has 6 heteroatoms. The molecule has 3 aromatic rings. The molecule has 0 aliphatic heterocycles. The van der Waals surface area contributed by atoms with Crippen molar-refractivity contribution in [2.24, 2.45) is 7.05 Å². The van der Waals surface area contributed by atoms with Crippen LogP contribution in [0, 0.1) is 6.92 Å². The lowest BCUT2D eigenvalue weighted by Gasteiger charge is -2.08. The Hall–Kier alpha value is -2.76. The van der Waals surface area contributed by atoms with Crippen molar-refractivity contribution in [1.82, 2.24) is 24.7 Å². The monoisotopic (exact) mass is 308 g/mol. The van der Waals surface area contributed by atoms with Gasteiger partial charge in [0, 0.05) is 55.1 Å². The van der Waals surface area contributed by atoms with E-state index in [1.54, 1.807) is 12.4 Å². The van der Waals surface area contributed by atoms with E-state index in [0.717, 1.165) is 29.2 Å². The molecule has 0 fully saturated rings. The zero-order valence-corrected chi connectivity index (χ0v) is 13.6. The molecule has 0 unspecified atom stereocenters. The summed E-state index contributed by atoms with van der Waals surface area (Å²) < 4.78 is 1.85. The molecular formula is C17H20N6. The second-order valence-electron chi connectivity index (χ2n) is 5.44. The fraction of sp³-hybridized carbons (Fsp3) is 0.294. The minimum absolute atomic E-state index is 0.683. The van der Waals surface area contributed by atoms with E-state index in [1.165, 1.54) is 5.56 Å². The fourth-order valence-electron chi connectivity index (χ4n) is 2.50. The molecule has 0 aromatic carbocycles. The van der Waals surface area contributed by atoms with Crippen LogP contribution < -0.4 is 5.32 Å². The van der Waals surface area contributed by atoms with E-state index < -0.39 is 0 Å². The average Bonchev–Trinajstić information content (AvgIpc) is 2.93. The molecule has 118 valence electrons. The van der Waals surface area contributed by atoms with E-state index in [0.29, 0.717) is 12.4 Å². The third-order valence-electron chi connectivity index (χ3n) is 3.56. The standard InChI is InChI=1S/C17H20N6/c1-4-15-14(11-23(3)22-15)10-19-16-8-12(2)20-17(21-16)13-6-5-7-18-9-13/h5-9,11H,4,10H2,1-3H3,(H,19,20,21). The summed E-state index contributed by atoms with van der Waals surface area (Å²) in [4.78, 5) is 13.2. The number of rotatable bonds is 5. The SMILES string of the molecule is CCc1nn(C)cc1CNc1cc(C)nc(-c2cccnc2)n1. The molecule has 3 rings (SSSR count). The van der Waals surface area contributed by atoms with Crippen LogP contribution in [-0.2, 0) is 20.0 Å². The molecule has 23 heavy (non-hydrogen) atoms. The minimum atomic E-state index is 0.683. The number of hydrogen-bond acceptors (Lipinski definition) is 5. The Morgan fingerprint density at radius 3 is 2.87 bits per heavy atom. The second-order valence-corrected chi connectivity index (χ2v) is 5.44. The number of nitrogens with one attached hydrogen (secondary N) is 1. The molecule has 0 spiro atoms. The van der Waals surface area contributed by atoms with Crippen LogP contribution in [0.25, 0.3) is 11.4 Å². The summed E-state index contributed by atoms with van der Waals surface area (Å²) in [6.07, 6.45) is 6.48. The highest BCUT2D eigenvalue weighted by atomic mass is 15.3. The van der Waals surface area contributed by atoms with Crippen LogP contribution in [-0.4, -0.2) is 24.7 Å². The van der Waals surface area contributed by atoms with Gasteiger partial charge >= 0.3 is 0 Å². The summed E-state index contributed by atoms with van der Waals surface area (Å²) in [5, 5.41) is 7.83. The lowest BCUT2D eigenvalue weighted by molar-refractivity contribution is 0.746. The summed E-state index contributed by atoms with van der Waals surface area (Å²) in [5.41, 5.74) is 4.13. The number of nitrogens with zero attached hydrogens (tertiary/aromatic N) is 5. The van der Waals surface area contributed by atoms with Crippen LogP contribution in [0.15, 0.2) is 36.8 Å². The van der Waals surface area contributed by atoms with Crippen LogP contribution in [0.3, 0.4) is 0 Å². The first-order valence-corrected chi connectivity index (χ1v) is 7.67. The first kappa shape index (κ1) is 15.1. The van der Waals surface area contributed by atoms with E-state index >= 15 is 0 Å². The highest BCUT2D eigenvalue weighted by molar-refractivity contribution is 5.56. The van der Waals surface area contributed by atoms with E-state index in [9.17, 15) is 0 Å². The Balaban J connectivity index is 1.82. The number of aromatic nitrogens is 5. The second kappa shape index (κ2) is 6.56. The molecule has 0 atom stereocenters. The third kappa shape index (κ3) is 3.53. The molecule has 3 aromatic heterocycles. The van der Waals surface area contributed by atoms with Crippen molar-refractivity contribution in [3.8, 4) is 11.4 Å². The van der Waals surface area contributed by atoms with Crippen LogP contribution in [0.4, 0.5) is 5.82 Å². The number of anilines is 1. The number of aryl methyl sites for hydroxylation is 3.